The molecule has 5 heteroatoms. The van der Waals surface area contributed by atoms with Gasteiger partial charge in [0.05, 0.1) is 4.47 Å². The second-order valence-corrected chi connectivity index (χ2v) is 5.51. The highest BCUT2D eigenvalue weighted by Crippen LogP contribution is 2.26. The highest BCUT2D eigenvalue weighted by Gasteiger charge is 2.17. The summed E-state index contributed by atoms with van der Waals surface area (Å²) in [6.45, 7) is 1.90. The Hall–Kier alpha value is -1.62. The number of nitrogens with zero attached hydrogens (tertiary/aromatic N) is 3. The molecule has 2 aromatic rings. The Bertz CT molecular complexity index is 573. The lowest BCUT2D eigenvalue weighted by atomic mass is 10.0. The maximum absolute atomic E-state index is 5.69. The topological polar surface area (TPSA) is 55.0 Å². The molecule has 0 fully saturated rings. The van der Waals surface area contributed by atoms with Crippen LogP contribution in [0.3, 0.4) is 0 Å². The minimum Gasteiger partial charge on any atom is -0.368 e. The number of fused-ring (bicyclic) bond motifs is 1. The first kappa shape index (κ1) is 12.4. The number of rotatable bonds is 1. The van der Waals surface area contributed by atoms with E-state index in [1.54, 1.807) is 6.20 Å². The van der Waals surface area contributed by atoms with Gasteiger partial charge in [-0.05, 0) is 39.9 Å². The van der Waals surface area contributed by atoms with Gasteiger partial charge >= 0.3 is 0 Å². The Labute approximate surface area is 120 Å². The van der Waals surface area contributed by atoms with Crippen molar-refractivity contribution in [3.05, 3.63) is 46.1 Å². The smallest absolute Gasteiger partial charge is 0.222 e. The highest BCUT2D eigenvalue weighted by atomic mass is 79.9. The zero-order chi connectivity index (χ0) is 13.2. The van der Waals surface area contributed by atoms with E-state index >= 15 is 0 Å². The van der Waals surface area contributed by atoms with Crippen LogP contribution in [0.25, 0.3) is 0 Å². The third-order valence-electron chi connectivity index (χ3n) is 3.46. The molecule has 1 aromatic carbocycles. The van der Waals surface area contributed by atoms with E-state index in [4.69, 9.17) is 5.73 Å². The van der Waals surface area contributed by atoms with E-state index in [9.17, 15) is 0 Å². The fourth-order valence-electron chi connectivity index (χ4n) is 2.47. The lowest BCUT2D eigenvalue weighted by Crippen LogP contribution is -2.27. The van der Waals surface area contributed by atoms with E-state index in [0.29, 0.717) is 5.95 Å². The maximum Gasteiger partial charge on any atom is 0.222 e. The normalized spacial score (nSPS) is 14.9. The Kier molecular flexibility index (Phi) is 3.38. The summed E-state index contributed by atoms with van der Waals surface area (Å²) in [5.41, 5.74) is 8.55. The molecule has 19 heavy (non-hydrogen) atoms. The molecule has 2 N–H and O–H groups in total. The standard InChI is InChI=1S/C14H15BrN4/c15-12-9-17-14(16)18-13(12)19-7-5-10-3-1-2-4-11(10)6-8-19/h1-4,9H,5-8H2,(H2,16,17,18). The molecule has 0 amide bonds. The van der Waals surface area contributed by atoms with Gasteiger partial charge in [-0.15, -0.1) is 0 Å². The lowest BCUT2D eigenvalue weighted by Gasteiger charge is -2.22. The van der Waals surface area contributed by atoms with Crippen LogP contribution >= 0.6 is 15.9 Å². The van der Waals surface area contributed by atoms with Crippen molar-refractivity contribution in [2.24, 2.45) is 0 Å². The third-order valence-corrected chi connectivity index (χ3v) is 4.02. The van der Waals surface area contributed by atoms with Crippen LogP contribution in [-0.2, 0) is 12.8 Å². The number of benzene rings is 1. The molecule has 4 nitrogen and oxygen atoms in total. The molecule has 0 saturated heterocycles. The zero-order valence-electron chi connectivity index (χ0n) is 10.5. The van der Waals surface area contributed by atoms with Crippen molar-refractivity contribution in [2.75, 3.05) is 23.7 Å². The van der Waals surface area contributed by atoms with Crippen LogP contribution in [0.15, 0.2) is 34.9 Å². The average molecular weight is 319 g/mol. The largest absolute Gasteiger partial charge is 0.368 e. The monoisotopic (exact) mass is 318 g/mol. The van der Waals surface area contributed by atoms with Gasteiger partial charge in [0.25, 0.3) is 0 Å². The first-order valence-corrected chi connectivity index (χ1v) is 7.13. The van der Waals surface area contributed by atoms with E-state index in [0.717, 1.165) is 36.2 Å². The van der Waals surface area contributed by atoms with Gasteiger partial charge in [0.15, 0.2) is 0 Å². The number of hydrogen-bond donors (Lipinski definition) is 1. The Morgan fingerprint density at radius 3 is 2.37 bits per heavy atom. The molecule has 2 heterocycles. The van der Waals surface area contributed by atoms with Gasteiger partial charge in [-0.3, -0.25) is 0 Å². The average Bonchev–Trinajstić information content (AvgIpc) is 2.64. The lowest BCUT2D eigenvalue weighted by molar-refractivity contribution is 0.786. The minimum atomic E-state index is 0.319. The van der Waals surface area contributed by atoms with Crippen LogP contribution in [0.2, 0.25) is 0 Å². The van der Waals surface area contributed by atoms with Crippen LogP contribution in [0.4, 0.5) is 11.8 Å². The predicted octanol–water partition coefficient (Wildman–Crippen LogP) is 2.43. The third kappa shape index (κ3) is 2.56. The molecule has 0 atom stereocenters. The fraction of sp³-hybridized carbons (Fsp3) is 0.286. The van der Waals surface area contributed by atoms with Crippen LogP contribution in [-0.4, -0.2) is 23.1 Å². The van der Waals surface area contributed by atoms with E-state index < -0.39 is 0 Å². The number of anilines is 2. The summed E-state index contributed by atoms with van der Waals surface area (Å²) in [7, 11) is 0. The molecule has 0 aliphatic carbocycles. The quantitative estimate of drug-likeness (QED) is 0.877. The van der Waals surface area contributed by atoms with Crippen molar-refractivity contribution >= 4 is 27.7 Å². The summed E-state index contributed by atoms with van der Waals surface area (Å²) >= 11 is 3.50. The van der Waals surface area contributed by atoms with Crippen molar-refractivity contribution in [3.63, 3.8) is 0 Å². The Morgan fingerprint density at radius 2 is 1.74 bits per heavy atom. The van der Waals surface area contributed by atoms with E-state index in [2.05, 4.69) is 55.1 Å². The summed E-state index contributed by atoms with van der Waals surface area (Å²) < 4.78 is 0.896. The van der Waals surface area contributed by atoms with Crippen molar-refractivity contribution in [3.8, 4) is 0 Å². The molecule has 0 spiro atoms. The van der Waals surface area contributed by atoms with Gasteiger partial charge in [0.2, 0.25) is 5.95 Å². The molecule has 0 unspecified atom stereocenters. The molecule has 0 radical (unpaired) electrons. The molecular weight excluding hydrogens is 304 g/mol. The van der Waals surface area contributed by atoms with Gasteiger partial charge in [-0.2, -0.15) is 4.98 Å². The van der Waals surface area contributed by atoms with Crippen LogP contribution < -0.4 is 10.6 Å². The number of nitrogen functional groups attached to an aromatic ring is 1. The SMILES string of the molecule is Nc1ncc(Br)c(N2CCc3ccccc3CC2)n1. The van der Waals surface area contributed by atoms with Crippen molar-refractivity contribution in [1.29, 1.82) is 0 Å². The number of halogens is 1. The van der Waals surface area contributed by atoms with E-state index in [1.165, 1.54) is 11.1 Å². The summed E-state index contributed by atoms with van der Waals surface area (Å²) in [4.78, 5) is 10.6. The van der Waals surface area contributed by atoms with Crippen LogP contribution in [0.1, 0.15) is 11.1 Å². The van der Waals surface area contributed by atoms with Gasteiger partial charge in [-0.25, -0.2) is 4.98 Å². The fourth-order valence-corrected chi connectivity index (χ4v) is 2.91. The van der Waals surface area contributed by atoms with Crippen LogP contribution in [0, 0.1) is 0 Å². The maximum atomic E-state index is 5.69. The molecule has 1 aromatic heterocycles. The molecule has 1 aliphatic rings. The molecule has 0 bridgehead atoms. The minimum absolute atomic E-state index is 0.319. The Balaban J connectivity index is 1.87. The molecular formula is C14H15BrN4. The van der Waals surface area contributed by atoms with Gasteiger partial charge in [0.1, 0.15) is 5.82 Å². The number of aromatic nitrogens is 2. The van der Waals surface area contributed by atoms with Crippen LogP contribution in [0.5, 0.6) is 0 Å². The van der Waals surface area contributed by atoms with E-state index in [-0.39, 0.29) is 0 Å². The molecule has 3 rings (SSSR count). The Morgan fingerprint density at radius 1 is 1.11 bits per heavy atom. The summed E-state index contributed by atoms with van der Waals surface area (Å²) in [6, 6.07) is 8.63. The van der Waals surface area contributed by atoms with Gasteiger partial charge < -0.3 is 10.6 Å². The summed E-state index contributed by atoms with van der Waals surface area (Å²) in [5, 5.41) is 0. The van der Waals surface area contributed by atoms with Crippen molar-refractivity contribution in [2.45, 2.75) is 12.8 Å². The highest BCUT2D eigenvalue weighted by molar-refractivity contribution is 9.10. The number of hydrogen-bond acceptors (Lipinski definition) is 4. The zero-order valence-corrected chi connectivity index (χ0v) is 12.1. The van der Waals surface area contributed by atoms with Crippen molar-refractivity contribution < 1.29 is 0 Å². The van der Waals surface area contributed by atoms with Crippen molar-refractivity contribution in [1.82, 2.24) is 9.97 Å². The second-order valence-electron chi connectivity index (χ2n) is 4.66. The molecule has 98 valence electrons. The molecule has 0 saturated carbocycles. The number of nitrogens with two attached hydrogens (primary N) is 1. The predicted molar refractivity (Wildman–Crippen MR) is 80.2 cm³/mol. The first-order chi connectivity index (χ1) is 9.24. The van der Waals surface area contributed by atoms with E-state index in [1.807, 2.05) is 0 Å². The second kappa shape index (κ2) is 5.17. The van der Waals surface area contributed by atoms with Gasteiger partial charge in [-0.1, -0.05) is 24.3 Å². The first-order valence-electron chi connectivity index (χ1n) is 6.34. The summed E-state index contributed by atoms with van der Waals surface area (Å²) in [6.07, 6.45) is 3.79. The van der Waals surface area contributed by atoms with Gasteiger partial charge in [0, 0.05) is 19.3 Å². The summed E-state index contributed by atoms with van der Waals surface area (Å²) in [5.74, 6) is 1.21. The molecule has 1 aliphatic heterocycles.